The number of ether oxygens (including phenoxy) is 1. The van der Waals surface area contributed by atoms with Gasteiger partial charge in [0.1, 0.15) is 0 Å². The van der Waals surface area contributed by atoms with Crippen LogP contribution in [0.3, 0.4) is 0 Å². The molecule has 3 unspecified atom stereocenters. The van der Waals surface area contributed by atoms with Crippen LogP contribution >= 0.6 is 0 Å². The van der Waals surface area contributed by atoms with Crippen LogP contribution in [0.15, 0.2) is 0 Å². The van der Waals surface area contributed by atoms with Crippen molar-refractivity contribution in [3.63, 3.8) is 0 Å². The van der Waals surface area contributed by atoms with Crippen molar-refractivity contribution in [2.24, 2.45) is 11.7 Å². The molecule has 3 heteroatoms. The van der Waals surface area contributed by atoms with Crippen LogP contribution in [-0.4, -0.2) is 43.8 Å². The van der Waals surface area contributed by atoms with Gasteiger partial charge in [0.05, 0.1) is 6.10 Å². The lowest BCUT2D eigenvalue weighted by Gasteiger charge is -2.31. The zero-order valence-corrected chi connectivity index (χ0v) is 10.4. The molecule has 3 nitrogen and oxygen atoms in total. The highest BCUT2D eigenvalue weighted by molar-refractivity contribution is 4.85. The first-order valence-electron chi connectivity index (χ1n) is 6.19. The SMILES string of the molecule is CCCC(C)C(CN)N1CCC(OC)C1. The zero-order chi connectivity index (χ0) is 11.3. The first kappa shape index (κ1) is 12.9. The Bertz CT molecular complexity index is 175. The Kier molecular flexibility index (Phi) is 5.58. The molecule has 0 aliphatic carbocycles. The van der Waals surface area contributed by atoms with E-state index in [1.807, 2.05) is 0 Å². The number of nitrogens with two attached hydrogens (primary N) is 1. The quantitative estimate of drug-likeness (QED) is 0.727. The second-order valence-corrected chi connectivity index (χ2v) is 4.71. The minimum atomic E-state index is 0.424. The predicted molar refractivity (Wildman–Crippen MR) is 63.9 cm³/mol. The fourth-order valence-electron chi connectivity index (χ4n) is 2.64. The summed E-state index contributed by atoms with van der Waals surface area (Å²) in [5.41, 5.74) is 5.89. The van der Waals surface area contributed by atoms with Crippen molar-refractivity contribution >= 4 is 0 Å². The molecule has 1 aliphatic rings. The molecule has 15 heavy (non-hydrogen) atoms. The Hall–Kier alpha value is -0.120. The van der Waals surface area contributed by atoms with Gasteiger partial charge >= 0.3 is 0 Å². The molecule has 0 bridgehead atoms. The third-order valence-corrected chi connectivity index (χ3v) is 3.62. The summed E-state index contributed by atoms with van der Waals surface area (Å²) in [6.45, 7) is 7.55. The van der Waals surface area contributed by atoms with Gasteiger partial charge in [-0.3, -0.25) is 4.90 Å². The number of likely N-dealkylation sites (tertiary alicyclic amines) is 1. The number of hydrogen-bond donors (Lipinski definition) is 1. The molecule has 0 aromatic rings. The maximum absolute atomic E-state index is 5.89. The predicted octanol–water partition coefficient (Wildman–Crippen LogP) is 1.47. The molecular formula is C12H26N2O. The highest BCUT2D eigenvalue weighted by Gasteiger charge is 2.29. The van der Waals surface area contributed by atoms with Crippen molar-refractivity contribution in [1.82, 2.24) is 4.90 Å². The molecule has 1 fully saturated rings. The van der Waals surface area contributed by atoms with Crippen LogP contribution in [0.2, 0.25) is 0 Å². The number of rotatable bonds is 6. The van der Waals surface area contributed by atoms with E-state index in [0.717, 1.165) is 26.1 Å². The van der Waals surface area contributed by atoms with Crippen LogP contribution in [0.4, 0.5) is 0 Å². The molecule has 1 saturated heterocycles. The highest BCUT2D eigenvalue weighted by Crippen LogP contribution is 2.21. The van der Waals surface area contributed by atoms with Gasteiger partial charge in [-0.1, -0.05) is 20.3 Å². The maximum atomic E-state index is 5.89. The van der Waals surface area contributed by atoms with Crippen molar-refractivity contribution in [2.75, 3.05) is 26.7 Å². The molecule has 0 amide bonds. The molecule has 1 rings (SSSR count). The topological polar surface area (TPSA) is 38.5 Å². The van der Waals surface area contributed by atoms with Crippen molar-refractivity contribution in [3.05, 3.63) is 0 Å². The second-order valence-electron chi connectivity index (χ2n) is 4.71. The summed E-state index contributed by atoms with van der Waals surface area (Å²) in [6, 6.07) is 0.546. The summed E-state index contributed by atoms with van der Waals surface area (Å²) >= 11 is 0. The second kappa shape index (κ2) is 6.46. The van der Waals surface area contributed by atoms with Crippen molar-refractivity contribution < 1.29 is 4.74 Å². The largest absolute Gasteiger partial charge is 0.380 e. The monoisotopic (exact) mass is 214 g/mol. The number of methoxy groups -OCH3 is 1. The molecule has 2 N–H and O–H groups in total. The van der Waals surface area contributed by atoms with E-state index in [1.165, 1.54) is 12.8 Å². The van der Waals surface area contributed by atoms with E-state index in [9.17, 15) is 0 Å². The molecule has 0 aromatic carbocycles. The van der Waals surface area contributed by atoms with E-state index in [4.69, 9.17) is 10.5 Å². The van der Waals surface area contributed by atoms with E-state index in [-0.39, 0.29) is 0 Å². The van der Waals surface area contributed by atoms with Gasteiger partial charge in [-0.05, 0) is 18.8 Å². The van der Waals surface area contributed by atoms with Gasteiger partial charge in [0, 0.05) is 32.8 Å². The third kappa shape index (κ3) is 3.44. The fraction of sp³-hybridized carbons (Fsp3) is 1.00. The standard InChI is InChI=1S/C12H26N2O/c1-4-5-10(2)12(8-13)14-7-6-11(9-14)15-3/h10-12H,4-9,13H2,1-3H3. The van der Waals surface area contributed by atoms with Gasteiger partial charge in [-0.2, -0.15) is 0 Å². The molecule has 0 saturated carbocycles. The molecule has 3 atom stereocenters. The normalized spacial score (nSPS) is 26.8. The van der Waals surface area contributed by atoms with Crippen LogP contribution in [-0.2, 0) is 4.74 Å². The lowest BCUT2D eigenvalue weighted by Crippen LogP contribution is -2.44. The third-order valence-electron chi connectivity index (χ3n) is 3.62. The lowest BCUT2D eigenvalue weighted by molar-refractivity contribution is 0.0935. The van der Waals surface area contributed by atoms with Crippen LogP contribution < -0.4 is 5.73 Å². The summed E-state index contributed by atoms with van der Waals surface area (Å²) in [4.78, 5) is 2.51. The maximum Gasteiger partial charge on any atom is 0.0710 e. The van der Waals surface area contributed by atoms with Gasteiger partial charge in [-0.25, -0.2) is 0 Å². The summed E-state index contributed by atoms with van der Waals surface area (Å²) in [5.74, 6) is 0.704. The van der Waals surface area contributed by atoms with Gasteiger partial charge in [0.25, 0.3) is 0 Å². The highest BCUT2D eigenvalue weighted by atomic mass is 16.5. The average Bonchev–Trinajstić information content (AvgIpc) is 2.68. The summed E-state index contributed by atoms with van der Waals surface area (Å²) in [5, 5.41) is 0. The Morgan fingerprint density at radius 3 is 2.73 bits per heavy atom. The smallest absolute Gasteiger partial charge is 0.0710 e. The first-order chi connectivity index (χ1) is 7.22. The summed E-state index contributed by atoms with van der Waals surface area (Å²) in [6.07, 6.45) is 4.11. The van der Waals surface area contributed by atoms with E-state index < -0.39 is 0 Å². The molecule has 0 spiro atoms. The van der Waals surface area contributed by atoms with Gasteiger partial charge in [-0.15, -0.1) is 0 Å². The van der Waals surface area contributed by atoms with Crippen LogP contribution in [0.5, 0.6) is 0 Å². The molecule has 0 aromatic heterocycles. The molecule has 90 valence electrons. The van der Waals surface area contributed by atoms with Crippen LogP contribution in [0.25, 0.3) is 0 Å². The Balaban J connectivity index is 2.44. The summed E-state index contributed by atoms with van der Waals surface area (Å²) < 4.78 is 5.39. The van der Waals surface area contributed by atoms with E-state index in [0.29, 0.717) is 18.1 Å². The Labute approximate surface area is 94.0 Å². The minimum absolute atomic E-state index is 0.424. The van der Waals surface area contributed by atoms with Crippen molar-refractivity contribution in [1.29, 1.82) is 0 Å². The lowest BCUT2D eigenvalue weighted by atomic mass is 9.96. The van der Waals surface area contributed by atoms with Gasteiger partial charge < -0.3 is 10.5 Å². The molecule has 0 radical (unpaired) electrons. The molecule has 1 heterocycles. The first-order valence-corrected chi connectivity index (χ1v) is 6.19. The number of hydrogen-bond acceptors (Lipinski definition) is 3. The summed E-state index contributed by atoms with van der Waals surface area (Å²) in [7, 11) is 1.81. The minimum Gasteiger partial charge on any atom is -0.380 e. The van der Waals surface area contributed by atoms with Gasteiger partial charge in [0.15, 0.2) is 0 Å². The Morgan fingerprint density at radius 2 is 2.27 bits per heavy atom. The molecular weight excluding hydrogens is 188 g/mol. The average molecular weight is 214 g/mol. The van der Waals surface area contributed by atoms with Crippen molar-refractivity contribution in [2.45, 2.75) is 45.3 Å². The molecule has 1 aliphatic heterocycles. The van der Waals surface area contributed by atoms with Crippen LogP contribution in [0, 0.1) is 5.92 Å². The van der Waals surface area contributed by atoms with E-state index >= 15 is 0 Å². The van der Waals surface area contributed by atoms with E-state index in [2.05, 4.69) is 18.7 Å². The number of nitrogens with zero attached hydrogens (tertiary/aromatic N) is 1. The van der Waals surface area contributed by atoms with E-state index in [1.54, 1.807) is 7.11 Å². The zero-order valence-electron chi connectivity index (χ0n) is 10.4. The van der Waals surface area contributed by atoms with Gasteiger partial charge in [0.2, 0.25) is 0 Å². The van der Waals surface area contributed by atoms with Crippen LogP contribution in [0.1, 0.15) is 33.1 Å². The Morgan fingerprint density at radius 1 is 1.53 bits per heavy atom. The van der Waals surface area contributed by atoms with Crippen molar-refractivity contribution in [3.8, 4) is 0 Å². The fourth-order valence-corrected chi connectivity index (χ4v) is 2.64.